The van der Waals surface area contributed by atoms with E-state index in [0.717, 1.165) is 11.0 Å². The van der Waals surface area contributed by atoms with Crippen LogP contribution in [0, 0.1) is 0 Å². The van der Waals surface area contributed by atoms with Gasteiger partial charge in [-0.2, -0.15) is 0 Å². The minimum absolute atomic E-state index is 0.0397. The summed E-state index contributed by atoms with van der Waals surface area (Å²) in [7, 11) is 2.10. The lowest BCUT2D eigenvalue weighted by atomic mass is 10.1. The molecular weight excluding hydrogens is 300 g/mol. The van der Waals surface area contributed by atoms with Crippen LogP contribution in [0.3, 0.4) is 0 Å². The fourth-order valence-corrected chi connectivity index (χ4v) is 2.60. The van der Waals surface area contributed by atoms with Gasteiger partial charge >= 0.3 is 0 Å². The van der Waals surface area contributed by atoms with E-state index in [9.17, 15) is 0 Å². The van der Waals surface area contributed by atoms with Gasteiger partial charge in [0.25, 0.3) is 0 Å². The summed E-state index contributed by atoms with van der Waals surface area (Å²) in [5.41, 5.74) is 9.67. The number of anilines is 1. The highest BCUT2D eigenvalue weighted by atomic mass is 79.9. The molecule has 0 spiro atoms. The SMILES string of the molecule is C[C@@H](N)c1ccccc1N(C)Cc1ccccc1Br. The second-order valence-electron chi connectivity index (χ2n) is 4.79. The number of nitrogens with two attached hydrogens (primary N) is 1. The highest BCUT2D eigenvalue weighted by Crippen LogP contribution is 2.26. The Morgan fingerprint density at radius 1 is 1.11 bits per heavy atom. The van der Waals surface area contributed by atoms with Crippen LogP contribution in [0.25, 0.3) is 0 Å². The standard InChI is InChI=1S/C16H19BrN2/c1-12(18)14-8-4-6-10-16(14)19(2)11-13-7-3-5-9-15(13)17/h3-10,12H,11,18H2,1-2H3/t12-/m1/s1. The topological polar surface area (TPSA) is 29.3 Å². The number of halogens is 1. The molecule has 0 heterocycles. The molecule has 0 amide bonds. The van der Waals surface area contributed by atoms with Crippen LogP contribution in [0.2, 0.25) is 0 Å². The number of benzene rings is 2. The molecule has 19 heavy (non-hydrogen) atoms. The molecule has 0 radical (unpaired) electrons. The van der Waals surface area contributed by atoms with E-state index in [2.05, 4.69) is 64.3 Å². The third-order valence-electron chi connectivity index (χ3n) is 3.20. The molecule has 2 aromatic rings. The van der Waals surface area contributed by atoms with Crippen molar-refractivity contribution in [1.29, 1.82) is 0 Å². The highest BCUT2D eigenvalue weighted by Gasteiger charge is 2.11. The van der Waals surface area contributed by atoms with Gasteiger partial charge in [-0.1, -0.05) is 52.3 Å². The summed E-state index contributed by atoms with van der Waals surface area (Å²) in [5.74, 6) is 0. The lowest BCUT2D eigenvalue weighted by molar-refractivity contribution is 0.801. The smallest absolute Gasteiger partial charge is 0.0437 e. The number of hydrogen-bond acceptors (Lipinski definition) is 2. The third kappa shape index (κ3) is 3.37. The van der Waals surface area contributed by atoms with Crippen molar-refractivity contribution in [3.63, 3.8) is 0 Å². The van der Waals surface area contributed by atoms with Crippen LogP contribution in [0.5, 0.6) is 0 Å². The van der Waals surface area contributed by atoms with Crippen molar-refractivity contribution in [2.75, 3.05) is 11.9 Å². The summed E-state index contributed by atoms with van der Waals surface area (Å²) in [4.78, 5) is 2.23. The van der Waals surface area contributed by atoms with Crippen molar-refractivity contribution >= 4 is 21.6 Å². The summed E-state index contributed by atoms with van der Waals surface area (Å²) in [6.45, 7) is 2.87. The summed E-state index contributed by atoms with van der Waals surface area (Å²) >= 11 is 3.59. The average Bonchev–Trinajstić information content (AvgIpc) is 2.41. The van der Waals surface area contributed by atoms with Crippen LogP contribution in [0.4, 0.5) is 5.69 Å². The van der Waals surface area contributed by atoms with Crippen LogP contribution in [-0.4, -0.2) is 7.05 Å². The van der Waals surface area contributed by atoms with E-state index in [1.165, 1.54) is 16.8 Å². The van der Waals surface area contributed by atoms with Crippen molar-refractivity contribution in [2.24, 2.45) is 5.73 Å². The molecule has 0 bridgehead atoms. The van der Waals surface area contributed by atoms with Crippen molar-refractivity contribution < 1.29 is 0 Å². The molecule has 0 unspecified atom stereocenters. The van der Waals surface area contributed by atoms with Crippen molar-refractivity contribution in [3.8, 4) is 0 Å². The molecule has 0 aliphatic carbocycles. The van der Waals surface area contributed by atoms with Gasteiger partial charge in [-0.25, -0.2) is 0 Å². The van der Waals surface area contributed by atoms with Gasteiger partial charge in [0.05, 0.1) is 0 Å². The first-order chi connectivity index (χ1) is 9.09. The van der Waals surface area contributed by atoms with E-state index in [0.29, 0.717) is 0 Å². The molecule has 3 heteroatoms. The molecule has 1 atom stereocenters. The first-order valence-corrected chi connectivity index (χ1v) is 7.18. The zero-order chi connectivity index (χ0) is 13.8. The van der Waals surface area contributed by atoms with Crippen molar-refractivity contribution in [3.05, 3.63) is 64.1 Å². The van der Waals surface area contributed by atoms with E-state index in [-0.39, 0.29) is 6.04 Å². The highest BCUT2D eigenvalue weighted by molar-refractivity contribution is 9.10. The molecule has 0 fully saturated rings. The summed E-state index contributed by atoms with van der Waals surface area (Å²) < 4.78 is 1.14. The minimum Gasteiger partial charge on any atom is -0.370 e. The lowest BCUT2D eigenvalue weighted by Crippen LogP contribution is -2.20. The van der Waals surface area contributed by atoms with Crippen LogP contribution >= 0.6 is 15.9 Å². The first-order valence-electron chi connectivity index (χ1n) is 6.38. The average molecular weight is 319 g/mol. The Morgan fingerprint density at radius 2 is 1.74 bits per heavy atom. The van der Waals surface area contributed by atoms with Crippen LogP contribution in [0.1, 0.15) is 24.1 Å². The van der Waals surface area contributed by atoms with Crippen LogP contribution in [-0.2, 0) is 6.54 Å². The summed E-state index contributed by atoms with van der Waals surface area (Å²) in [6, 6.07) is 16.6. The van der Waals surface area contributed by atoms with E-state index >= 15 is 0 Å². The molecule has 0 aliphatic heterocycles. The second-order valence-corrected chi connectivity index (χ2v) is 5.65. The van der Waals surface area contributed by atoms with Gasteiger partial charge in [0, 0.05) is 29.8 Å². The largest absolute Gasteiger partial charge is 0.370 e. The molecular formula is C16H19BrN2. The van der Waals surface area contributed by atoms with Crippen molar-refractivity contribution in [2.45, 2.75) is 19.5 Å². The van der Waals surface area contributed by atoms with Gasteiger partial charge in [0.2, 0.25) is 0 Å². The monoisotopic (exact) mass is 318 g/mol. The number of para-hydroxylation sites is 1. The maximum atomic E-state index is 6.04. The second kappa shape index (κ2) is 6.22. The maximum absolute atomic E-state index is 6.04. The Bertz CT molecular complexity index is 552. The Labute approximate surface area is 123 Å². The summed E-state index contributed by atoms with van der Waals surface area (Å²) in [5, 5.41) is 0. The predicted octanol–water partition coefficient (Wildman–Crippen LogP) is 4.11. The fourth-order valence-electron chi connectivity index (χ4n) is 2.19. The Kier molecular flexibility index (Phi) is 4.61. The van der Waals surface area contributed by atoms with Gasteiger partial charge < -0.3 is 10.6 Å². The van der Waals surface area contributed by atoms with Gasteiger partial charge in [-0.3, -0.25) is 0 Å². The van der Waals surface area contributed by atoms with Gasteiger partial charge in [0.15, 0.2) is 0 Å². The Morgan fingerprint density at radius 3 is 2.42 bits per heavy atom. The van der Waals surface area contributed by atoms with Crippen LogP contribution < -0.4 is 10.6 Å². The molecule has 0 aliphatic rings. The lowest BCUT2D eigenvalue weighted by Gasteiger charge is -2.24. The quantitative estimate of drug-likeness (QED) is 0.919. The molecule has 2 aromatic carbocycles. The zero-order valence-corrected chi connectivity index (χ0v) is 12.9. The maximum Gasteiger partial charge on any atom is 0.0437 e. The predicted molar refractivity (Wildman–Crippen MR) is 85.3 cm³/mol. The third-order valence-corrected chi connectivity index (χ3v) is 3.98. The van der Waals surface area contributed by atoms with E-state index in [1.54, 1.807) is 0 Å². The van der Waals surface area contributed by atoms with E-state index < -0.39 is 0 Å². The Hall–Kier alpha value is -1.32. The molecule has 2 rings (SSSR count). The van der Waals surface area contributed by atoms with Crippen LogP contribution in [0.15, 0.2) is 53.0 Å². The van der Waals surface area contributed by atoms with Gasteiger partial charge in [-0.05, 0) is 30.2 Å². The molecule has 0 saturated carbocycles. The molecule has 2 nitrogen and oxygen atoms in total. The number of rotatable bonds is 4. The molecule has 100 valence electrons. The Balaban J connectivity index is 2.26. The number of nitrogens with zero attached hydrogens (tertiary/aromatic N) is 1. The summed E-state index contributed by atoms with van der Waals surface area (Å²) in [6.07, 6.45) is 0. The fraction of sp³-hybridized carbons (Fsp3) is 0.250. The van der Waals surface area contributed by atoms with Gasteiger partial charge in [0.1, 0.15) is 0 Å². The number of hydrogen-bond donors (Lipinski definition) is 1. The zero-order valence-electron chi connectivity index (χ0n) is 11.3. The van der Waals surface area contributed by atoms with E-state index in [1.807, 2.05) is 19.1 Å². The normalized spacial score (nSPS) is 12.2. The van der Waals surface area contributed by atoms with Gasteiger partial charge in [-0.15, -0.1) is 0 Å². The van der Waals surface area contributed by atoms with E-state index in [4.69, 9.17) is 5.73 Å². The molecule has 0 aromatic heterocycles. The first kappa shape index (κ1) is 14.1. The molecule has 2 N–H and O–H groups in total. The minimum atomic E-state index is 0.0397. The van der Waals surface area contributed by atoms with Crippen molar-refractivity contribution in [1.82, 2.24) is 0 Å². The molecule has 0 saturated heterocycles.